The summed E-state index contributed by atoms with van der Waals surface area (Å²) in [5.74, 6) is 1.12. The number of nitrogens with two attached hydrogens (primary N) is 1. The number of urea groups is 1. The second-order valence-corrected chi connectivity index (χ2v) is 4.23. The van der Waals surface area contributed by atoms with E-state index in [2.05, 4.69) is 6.92 Å². The average Bonchev–Trinajstić information content (AvgIpc) is 2.37. The van der Waals surface area contributed by atoms with Crippen LogP contribution in [-0.4, -0.2) is 35.0 Å². The fourth-order valence-electron chi connectivity index (χ4n) is 1.30. The van der Waals surface area contributed by atoms with Gasteiger partial charge in [0.1, 0.15) is 0 Å². The van der Waals surface area contributed by atoms with Crippen LogP contribution in [0.2, 0.25) is 0 Å². The molecule has 64 valence electrons. The maximum Gasteiger partial charge on any atom is 0.314 e. The molecular formula is C7H14N2OS. The second kappa shape index (κ2) is 3.85. The van der Waals surface area contributed by atoms with Gasteiger partial charge in [-0.05, 0) is 12.2 Å². The van der Waals surface area contributed by atoms with Crippen LogP contribution >= 0.6 is 11.8 Å². The molecule has 2 amide bonds. The van der Waals surface area contributed by atoms with Gasteiger partial charge in [-0.2, -0.15) is 11.8 Å². The fraction of sp³-hybridized carbons (Fsp3) is 0.857. The molecule has 1 unspecified atom stereocenters. The van der Waals surface area contributed by atoms with E-state index in [9.17, 15) is 4.79 Å². The monoisotopic (exact) mass is 174 g/mol. The van der Waals surface area contributed by atoms with Crippen LogP contribution < -0.4 is 5.73 Å². The molecule has 3 nitrogen and oxygen atoms in total. The van der Waals surface area contributed by atoms with Crippen LogP contribution in [0, 0.1) is 0 Å². The van der Waals surface area contributed by atoms with Crippen molar-refractivity contribution in [2.75, 3.05) is 18.8 Å². The molecule has 1 aliphatic rings. The Kier molecular flexibility index (Phi) is 3.05. The number of hydrogen-bond donors (Lipinski definition) is 1. The van der Waals surface area contributed by atoms with Gasteiger partial charge in [0.05, 0.1) is 0 Å². The number of primary amides is 1. The van der Waals surface area contributed by atoms with Crippen LogP contribution in [0.4, 0.5) is 4.79 Å². The van der Waals surface area contributed by atoms with Crippen molar-refractivity contribution in [1.82, 2.24) is 4.90 Å². The van der Waals surface area contributed by atoms with E-state index in [0.717, 1.165) is 25.3 Å². The molecule has 1 fully saturated rings. The molecule has 0 saturated carbocycles. The topological polar surface area (TPSA) is 46.3 Å². The highest BCUT2D eigenvalue weighted by Gasteiger charge is 2.23. The number of thioether (sulfide) groups is 1. The van der Waals surface area contributed by atoms with E-state index in [1.807, 2.05) is 11.8 Å². The molecule has 1 rings (SSSR count). The van der Waals surface area contributed by atoms with Gasteiger partial charge in [0, 0.05) is 18.3 Å². The fourth-order valence-corrected chi connectivity index (χ4v) is 2.33. The smallest absolute Gasteiger partial charge is 0.314 e. The quantitative estimate of drug-likeness (QED) is 0.676. The van der Waals surface area contributed by atoms with Gasteiger partial charge in [-0.15, -0.1) is 0 Å². The number of nitrogens with zero attached hydrogens (tertiary/aromatic N) is 1. The lowest BCUT2D eigenvalue weighted by Crippen LogP contribution is -2.33. The number of carbonyl (C=O) groups is 1. The summed E-state index contributed by atoms with van der Waals surface area (Å²) in [6.45, 7) is 3.82. The summed E-state index contributed by atoms with van der Waals surface area (Å²) in [5.41, 5.74) is 5.13. The van der Waals surface area contributed by atoms with Gasteiger partial charge in [0.15, 0.2) is 0 Å². The van der Waals surface area contributed by atoms with Gasteiger partial charge >= 0.3 is 6.03 Å². The number of rotatable bonds is 2. The summed E-state index contributed by atoms with van der Waals surface area (Å²) >= 11 is 1.91. The molecule has 0 aromatic heterocycles. The van der Waals surface area contributed by atoms with Gasteiger partial charge in [0.2, 0.25) is 0 Å². The van der Waals surface area contributed by atoms with Crippen LogP contribution in [-0.2, 0) is 0 Å². The highest BCUT2D eigenvalue weighted by Crippen LogP contribution is 2.21. The summed E-state index contributed by atoms with van der Waals surface area (Å²) in [6, 6.07) is -0.274. The van der Waals surface area contributed by atoms with E-state index in [-0.39, 0.29) is 6.03 Å². The van der Waals surface area contributed by atoms with Gasteiger partial charge in [-0.25, -0.2) is 4.79 Å². The molecule has 11 heavy (non-hydrogen) atoms. The number of likely N-dealkylation sites (tertiary alicyclic amines) is 1. The predicted molar refractivity (Wildman–Crippen MR) is 47.7 cm³/mol. The van der Waals surface area contributed by atoms with Crippen LogP contribution in [0.25, 0.3) is 0 Å². The summed E-state index contributed by atoms with van der Waals surface area (Å²) < 4.78 is 0. The molecule has 1 saturated heterocycles. The van der Waals surface area contributed by atoms with Gasteiger partial charge in [0.25, 0.3) is 0 Å². The van der Waals surface area contributed by atoms with Gasteiger partial charge in [-0.1, -0.05) is 6.92 Å². The van der Waals surface area contributed by atoms with Crippen molar-refractivity contribution in [3.8, 4) is 0 Å². The Morgan fingerprint density at radius 3 is 3.00 bits per heavy atom. The van der Waals surface area contributed by atoms with E-state index < -0.39 is 0 Å². The highest BCUT2D eigenvalue weighted by molar-refractivity contribution is 7.99. The molecule has 4 heteroatoms. The van der Waals surface area contributed by atoms with E-state index >= 15 is 0 Å². The molecule has 0 aromatic rings. The minimum atomic E-state index is -0.274. The lowest BCUT2D eigenvalue weighted by atomic mass is 10.4. The summed E-state index contributed by atoms with van der Waals surface area (Å²) in [4.78, 5) is 12.4. The summed E-state index contributed by atoms with van der Waals surface area (Å²) in [6.07, 6.45) is 1.10. The highest BCUT2D eigenvalue weighted by atomic mass is 32.2. The lowest BCUT2D eigenvalue weighted by molar-refractivity contribution is 0.218. The Morgan fingerprint density at radius 1 is 1.82 bits per heavy atom. The maximum absolute atomic E-state index is 10.7. The van der Waals surface area contributed by atoms with Crippen molar-refractivity contribution >= 4 is 17.8 Å². The third-order valence-corrected chi connectivity index (χ3v) is 3.05. The number of hydrogen-bond acceptors (Lipinski definition) is 2. The second-order valence-electron chi connectivity index (χ2n) is 2.65. The molecule has 1 heterocycles. The SMILES string of the molecule is CCSC1CCN(C(N)=O)C1. The van der Waals surface area contributed by atoms with Gasteiger partial charge in [-0.3, -0.25) is 0 Å². The van der Waals surface area contributed by atoms with Crippen LogP contribution in [0.15, 0.2) is 0 Å². The standard InChI is InChI=1S/C7H14N2OS/c1-2-11-6-3-4-9(5-6)7(8)10/h6H,2-5H2,1H3,(H2,8,10). The van der Waals surface area contributed by atoms with E-state index in [4.69, 9.17) is 5.73 Å². The van der Waals surface area contributed by atoms with Crippen LogP contribution in [0.3, 0.4) is 0 Å². The van der Waals surface area contributed by atoms with Crippen molar-refractivity contribution in [2.45, 2.75) is 18.6 Å². The van der Waals surface area contributed by atoms with E-state index in [1.54, 1.807) is 4.90 Å². The number of amides is 2. The van der Waals surface area contributed by atoms with Crippen molar-refractivity contribution in [3.05, 3.63) is 0 Å². The molecule has 0 bridgehead atoms. The van der Waals surface area contributed by atoms with E-state index in [0.29, 0.717) is 5.25 Å². The first kappa shape index (κ1) is 8.71. The normalized spacial score (nSPS) is 24.1. The Labute approximate surface area is 71.3 Å². The Hall–Kier alpha value is -0.380. The van der Waals surface area contributed by atoms with E-state index in [1.165, 1.54) is 0 Å². The molecular weight excluding hydrogens is 160 g/mol. The lowest BCUT2D eigenvalue weighted by Gasteiger charge is -2.12. The molecule has 1 atom stereocenters. The Balaban J connectivity index is 2.29. The average molecular weight is 174 g/mol. The zero-order valence-electron chi connectivity index (χ0n) is 6.75. The first-order chi connectivity index (χ1) is 5.24. The maximum atomic E-state index is 10.7. The predicted octanol–water partition coefficient (Wildman–Crippen LogP) is 0.893. The molecule has 0 spiro atoms. The minimum absolute atomic E-state index is 0.274. The third-order valence-electron chi connectivity index (χ3n) is 1.86. The Morgan fingerprint density at radius 2 is 2.55 bits per heavy atom. The third kappa shape index (κ3) is 2.29. The molecule has 1 aliphatic heterocycles. The largest absolute Gasteiger partial charge is 0.351 e. The molecule has 0 aliphatic carbocycles. The first-order valence-electron chi connectivity index (χ1n) is 3.90. The molecule has 0 aromatic carbocycles. The van der Waals surface area contributed by atoms with Crippen LogP contribution in [0.1, 0.15) is 13.3 Å². The first-order valence-corrected chi connectivity index (χ1v) is 4.95. The Bertz CT molecular complexity index is 151. The molecule has 0 radical (unpaired) electrons. The van der Waals surface area contributed by atoms with Crippen molar-refractivity contribution in [1.29, 1.82) is 0 Å². The van der Waals surface area contributed by atoms with Crippen molar-refractivity contribution in [2.24, 2.45) is 5.73 Å². The zero-order valence-corrected chi connectivity index (χ0v) is 7.56. The van der Waals surface area contributed by atoms with Gasteiger partial charge < -0.3 is 10.6 Å². The minimum Gasteiger partial charge on any atom is -0.351 e. The molecule has 2 N–H and O–H groups in total. The van der Waals surface area contributed by atoms with Crippen LogP contribution in [0.5, 0.6) is 0 Å². The van der Waals surface area contributed by atoms with Crippen molar-refractivity contribution in [3.63, 3.8) is 0 Å². The number of carbonyl (C=O) groups excluding carboxylic acids is 1. The summed E-state index contributed by atoms with van der Waals surface area (Å²) in [7, 11) is 0. The summed E-state index contributed by atoms with van der Waals surface area (Å²) in [5, 5.41) is 0.618. The van der Waals surface area contributed by atoms with Crippen molar-refractivity contribution < 1.29 is 4.79 Å². The zero-order chi connectivity index (χ0) is 8.27.